The summed E-state index contributed by atoms with van der Waals surface area (Å²) in [6.07, 6.45) is 9.63. The molecule has 0 unspecified atom stereocenters. The average Bonchev–Trinajstić information content (AvgIpc) is 2.68. The van der Waals surface area contributed by atoms with Crippen LogP contribution in [0.5, 0.6) is 0 Å². The van der Waals surface area contributed by atoms with Gasteiger partial charge in [0.15, 0.2) is 0 Å². The van der Waals surface area contributed by atoms with Gasteiger partial charge in [-0.25, -0.2) is 4.98 Å². The topological polar surface area (TPSA) is 40.7 Å². The smallest absolute Gasteiger partial charge is 0.103 e. The number of hydrogen-bond acceptors (Lipinski definition) is 2. The van der Waals surface area contributed by atoms with Crippen LogP contribution in [0, 0.1) is 6.92 Å². The van der Waals surface area contributed by atoms with E-state index in [-0.39, 0.29) is 0 Å². The van der Waals surface area contributed by atoms with Crippen molar-refractivity contribution in [2.75, 3.05) is 13.1 Å². The lowest BCUT2D eigenvalue weighted by molar-refractivity contribution is 0.584. The van der Waals surface area contributed by atoms with Crippen molar-refractivity contribution in [1.29, 1.82) is 0 Å². The maximum atomic E-state index is 4.39. The summed E-state index contributed by atoms with van der Waals surface area (Å²) < 4.78 is 0. The van der Waals surface area contributed by atoms with Crippen LogP contribution < -0.4 is 5.32 Å². The molecule has 0 aliphatic carbocycles. The van der Waals surface area contributed by atoms with Crippen molar-refractivity contribution in [2.45, 2.75) is 52.4 Å². The van der Waals surface area contributed by atoms with Crippen LogP contribution in [-0.2, 0) is 6.42 Å². The SMILES string of the molecule is CCCCCCNCCCc1c[nH]c(C)n1. The average molecular weight is 223 g/mol. The minimum Gasteiger partial charge on any atom is -0.349 e. The molecule has 0 bridgehead atoms. The highest BCUT2D eigenvalue weighted by Gasteiger charge is 1.96. The molecular weight excluding hydrogens is 198 g/mol. The summed E-state index contributed by atoms with van der Waals surface area (Å²) in [5.41, 5.74) is 1.19. The highest BCUT2D eigenvalue weighted by Crippen LogP contribution is 2.00. The monoisotopic (exact) mass is 223 g/mol. The Kier molecular flexibility index (Phi) is 6.90. The number of nitrogens with one attached hydrogen (secondary N) is 2. The van der Waals surface area contributed by atoms with E-state index < -0.39 is 0 Å². The summed E-state index contributed by atoms with van der Waals surface area (Å²) in [5, 5.41) is 3.48. The number of hydrogen-bond donors (Lipinski definition) is 2. The van der Waals surface area contributed by atoms with Crippen molar-refractivity contribution in [3.8, 4) is 0 Å². The van der Waals surface area contributed by atoms with Crippen LogP contribution >= 0.6 is 0 Å². The van der Waals surface area contributed by atoms with E-state index in [4.69, 9.17) is 0 Å². The molecule has 1 rings (SSSR count). The number of unbranched alkanes of at least 4 members (excludes halogenated alkanes) is 3. The molecule has 1 heterocycles. The van der Waals surface area contributed by atoms with Gasteiger partial charge in [0.05, 0.1) is 5.69 Å². The van der Waals surface area contributed by atoms with E-state index in [1.807, 2.05) is 13.1 Å². The normalized spacial score (nSPS) is 10.9. The Morgan fingerprint density at radius 1 is 1.19 bits per heavy atom. The Morgan fingerprint density at radius 3 is 2.69 bits per heavy atom. The molecule has 2 N–H and O–H groups in total. The Balaban J connectivity index is 1.88. The molecule has 0 radical (unpaired) electrons. The number of rotatable bonds is 9. The molecule has 0 amide bonds. The zero-order chi connectivity index (χ0) is 11.6. The Bertz CT molecular complexity index is 268. The molecule has 0 spiro atoms. The molecule has 0 aliphatic heterocycles. The maximum Gasteiger partial charge on any atom is 0.103 e. The lowest BCUT2D eigenvalue weighted by atomic mass is 10.2. The van der Waals surface area contributed by atoms with Crippen molar-refractivity contribution in [3.63, 3.8) is 0 Å². The molecule has 3 heteroatoms. The lowest BCUT2D eigenvalue weighted by Crippen LogP contribution is -2.17. The predicted octanol–water partition coefficient (Wildman–Crippen LogP) is 2.82. The highest BCUT2D eigenvalue weighted by atomic mass is 14.9. The van der Waals surface area contributed by atoms with Gasteiger partial charge in [0.2, 0.25) is 0 Å². The fraction of sp³-hybridized carbons (Fsp3) is 0.769. The highest BCUT2D eigenvalue weighted by molar-refractivity contribution is 4.99. The molecule has 16 heavy (non-hydrogen) atoms. The fourth-order valence-corrected chi connectivity index (χ4v) is 1.79. The van der Waals surface area contributed by atoms with Gasteiger partial charge in [-0.2, -0.15) is 0 Å². The first-order valence-electron chi connectivity index (χ1n) is 6.54. The van der Waals surface area contributed by atoms with E-state index in [1.54, 1.807) is 0 Å². The summed E-state index contributed by atoms with van der Waals surface area (Å²) in [7, 11) is 0. The van der Waals surface area contributed by atoms with Crippen molar-refractivity contribution in [2.24, 2.45) is 0 Å². The summed E-state index contributed by atoms with van der Waals surface area (Å²) >= 11 is 0. The third-order valence-electron chi connectivity index (χ3n) is 2.75. The molecule has 92 valence electrons. The molecule has 0 aromatic carbocycles. The van der Waals surface area contributed by atoms with Crippen LogP contribution in [0.15, 0.2) is 6.20 Å². The van der Waals surface area contributed by atoms with E-state index in [0.717, 1.165) is 18.8 Å². The van der Waals surface area contributed by atoms with Crippen LogP contribution in [0.3, 0.4) is 0 Å². The van der Waals surface area contributed by atoms with Gasteiger partial charge < -0.3 is 10.3 Å². The van der Waals surface area contributed by atoms with Crippen LogP contribution in [0.2, 0.25) is 0 Å². The number of nitrogens with zero attached hydrogens (tertiary/aromatic N) is 1. The number of imidazole rings is 1. The van der Waals surface area contributed by atoms with Crippen molar-refractivity contribution in [3.05, 3.63) is 17.7 Å². The largest absolute Gasteiger partial charge is 0.349 e. The fourth-order valence-electron chi connectivity index (χ4n) is 1.79. The molecule has 3 nitrogen and oxygen atoms in total. The van der Waals surface area contributed by atoms with E-state index in [9.17, 15) is 0 Å². The first kappa shape index (κ1) is 13.2. The first-order chi connectivity index (χ1) is 7.83. The number of aryl methyl sites for hydroxylation is 2. The van der Waals surface area contributed by atoms with Gasteiger partial charge in [-0.1, -0.05) is 26.2 Å². The molecule has 0 saturated carbocycles. The van der Waals surface area contributed by atoms with Gasteiger partial charge in [-0.3, -0.25) is 0 Å². The Labute approximate surface area is 99.1 Å². The van der Waals surface area contributed by atoms with Crippen LogP contribution in [0.1, 0.15) is 50.5 Å². The number of aromatic amines is 1. The van der Waals surface area contributed by atoms with Crippen molar-refractivity contribution >= 4 is 0 Å². The van der Waals surface area contributed by atoms with Gasteiger partial charge in [0.25, 0.3) is 0 Å². The predicted molar refractivity (Wildman–Crippen MR) is 68.7 cm³/mol. The number of aromatic nitrogens is 2. The van der Waals surface area contributed by atoms with Gasteiger partial charge >= 0.3 is 0 Å². The summed E-state index contributed by atoms with van der Waals surface area (Å²) in [6.45, 7) is 6.52. The minimum absolute atomic E-state index is 1.02. The van der Waals surface area contributed by atoms with E-state index in [1.165, 1.54) is 44.3 Å². The third-order valence-corrected chi connectivity index (χ3v) is 2.75. The van der Waals surface area contributed by atoms with Gasteiger partial charge in [-0.15, -0.1) is 0 Å². The second kappa shape index (κ2) is 8.34. The quantitative estimate of drug-likeness (QED) is 0.632. The van der Waals surface area contributed by atoms with Crippen LogP contribution in [0.4, 0.5) is 0 Å². The molecule has 0 fully saturated rings. The van der Waals surface area contributed by atoms with E-state index >= 15 is 0 Å². The van der Waals surface area contributed by atoms with Gasteiger partial charge in [0.1, 0.15) is 5.82 Å². The third kappa shape index (κ3) is 5.91. The maximum absolute atomic E-state index is 4.39. The zero-order valence-electron chi connectivity index (χ0n) is 10.7. The Morgan fingerprint density at radius 2 is 2.00 bits per heavy atom. The second-order valence-corrected chi connectivity index (χ2v) is 4.39. The van der Waals surface area contributed by atoms with Crippen LogP contribution in [-0.4, -0.2) is 23.1 Å². The lowest BCUT2D eigenvalue weighted by Gasteiger charge is -2.03. The Hall–Kier alpha value is -0.830. The summed E-state index contributed by atoms with van der Waals surface area (Å²) in [4.78, 5) is 7.50. The summed E-state index contributed by atoms with van der Waals surface area (Å²) in [6, 6.07) is 0. The van der Waals surface area contributed by atoms with E-state index in [2.05, 4.69) is 22.2 Å². The standard InChI is InChI=1S/C13H25N3/c1-3-4-5-6-9-14-10-7-8-13-11-15-12(2)16-13/h11,14H,3-10H2,1-2H3,(H,15,16). The van der Waals surface area contributed by atoms with Gasteiger partial charge in [0, 0.05) is 6.20 Å². The molecule has 0 aliphatic rings. The minimum atomic E-state index is 1.02. The molecular formula is C13H25N3. The van der Waals surface area contributed by atoms with Crippen molar-refractivity contribution < 1.29 is 0 Å². The van der Waals surface area contributed by atoms with Crippen LogP contribution in [0.25, 0.3) is 0 Å². The molecule has 1 aromatic rings. The second-order valence-electron chi connectivity index (χ2n) is 4.39. The molecule has 0 atom stereocenters. The van der Waals surface area contributed by atoms with E-state index in [0.29, 0.717) is 0 Å². The first-order valence-corrected chi connectivity index (χ1v) is 6.54. The summed E-state index contributed by atoms with van der Waals surface area (Å²) in [5.74, 6) is 1.02. The molecule has 1 aromatic heterocycles. The molecule has 0 saturated heterocycles. The zero-order valence-corrected chi connectivity index (χ0v) is 10.7. The van der Waals surface area contributed by atoms with Crippen molar-refractivity contribution in [1.82, 2.24) is 15.3 Å². The number of H-pyrrole nitrogens is 1. The van der Waals surface area contributed by atoms with Gasteiger partial charge in [-0.05, 0) is 39.3 Å².